The summed E-state index contributed by atoms with van der Waals surface area (Å²) < 4.78 is 0.588. The molecule has 2 saturated heterocycles. The molecule has 3 aliphatic rings. The topological polar surface area (TPSA) is 6.48 Å². The quantitative estimate of drug-likeness (QED) is 0.785. The van der Waals surface area contributed by atoms with Gasteiger partial charge in [0.05, 0.1) is 0 Å². The second-order valence-electron chi connectivity index (χ2n) is 7.02. The number of piperidine rings is 1. The van der Waals surface area contributed by atoms with E-state index in [-0.39, 0.29) is 0 Å². The zero-order chi connectivity index (χ0) is 13.3. The van der Waals surface area contributed by atoms with Crippen LogP contribution >= 0.6 is 11.8 Å². The molecule has 3 rings (SSSR count). The Kier molecular flexibility index (Phi) is 4.45. The van der Waals surface area contributed by atoms with Crippen molar-refractivity contribution in [3.63, 3.8) is 0 Å². The summed E-state index contributed by atoms with van der Waals surface area (Å²) in [5.74, 6) is 0. The summed E-state index contributed by atoms with van der Waals surface area (Å²) in [6.45, 7) is 7.81. The summed E-state index contributed by atoms with van der Waals surface area (Å²) >= 11 is 2.15. The number of rotatable bonds is 3. The Morgan fingerprint density at radius 1 is 1.11 bits per heavy atom. The Morgan fingerprint density at radius 2 is 1.89 bits per heavy atom. The van der Waals surface area contributed by atoms with E-state index in [2.05, 4.69) is 34.7 Å². The highest BCUT2D eigenvalue weighted by atomic mass is 32.2. The lowest BCUT2D eigenvalue weighted by atomic mass is 9.95. The van der Waals surface area contributed by atoms with Crippen LogP contribution in [0.2, 0.25) is 0 Å². The van der Waals surface area contributed by atoms with Gasteiger partial charge >= 0.3 is 0 Å². The van der Waals surface area contributed by atoms with Gasteiger partial charge in [0.15, 0.2) is 0 Å². The first-order valence-corrected chi connectivity index (χ1v) is 9.48. The maximum atomic E-state index is 2.83. The van der Waals surface area contributed by atoms with Gasteiger partial charge in [0, 0.05) is 36.5 Å². The van der Waals surface area contributed by atoms with E-state index in [1.165, 1.54) is 71.1 Å². The molecule has 0 aromatic heterocycles. The van der Waals surface area contributed by atoms with E-state index >= 15 is 0 Å². The average molecular weight is 282 g/mol. The smallest absolute Gasteiger partial charge is 0.0284 e. The third-order valence-electron chi connectivity index (χ3n) is 5.76. The minimum Gasteiger partial charge on any atom is -0.298 e. The summed E-state index contributed by atoms with van der Waals surface area (Å²) in [4.78, 5) is 5.60. The molecule has 0 N–H and O–H groups in total. The molecule has 2 aliphatic heterocycles. The van der Waals surface area contributed by atoms with E-state index in [1.807, 2.05) is 0 Å². The largest absolute Gasteiger partial charge is 0.298 e. The molecule has 3 heteroatoms. The van der Waals surface area contributed by atoms with Crippen molar-refractivity contribution < 1.29 is 0 Å². The number of thioether (sulfide) groups is 1. The second-order valence-corrected chi connectivity index (χ2v) is 8.29. The zero-order valence-electron chi connectivity index (χ0n) is 12.7. The lowest BCUT2D eigenvalue weighted by Gasteiger charge is -2.49. The molecule has 2 nitrogen and oxygen atoms in total. The van der Waals surface area contributed by atoms with Gasteiger partial charge in [0.1, 0.15) is 0 Å². The van der Waals surface area contributed by atoms with Crippen molar-refractivity contribution >= 4 is 11.8 Å². The third kappa shape index (κ3) is 2.98. The molecule has 0 bridgehead atoms. The monoisotopic (exact) mass is 282 g/mol. The van der Waals surface area contributed by atoms with Gasteiger partial charge in [-0.3, -0.25) is 9.80 Å². The van der Waals surface area contributed by atoms with Crippen LogP contribution in [0.25, 0.3) is 0 Å². The van der Waals surface area contributed by atoms with Gasteiger partial charge in [-0.2, -0.15) is 11.8 Å². The van der Waals surface area contributed by atoms with E-state index < -0.39 is 0 Å². The van der Waals surface area contributed by atoms with Crippen molar-refractivity contribution in [3.8, 4) is 0 Å². The van der Waals surface area contributed by atoms with E-state index in [1.54, 1.807) is 0 Å². The van der Waals surface area contributed by atoms with Gasteiger partial charge < -0.3 is 0 Å². The van der Waals surface area contributed by atoms with Crippen molar-refractivity contribution in [1.82, 2.24) is 9.80 Å². The van der Waals surface area contributed by atoms with E-state index in [9.17, 15) is 0 Å². The van der Waals surface area contributed by atoms with Crippen LogP contribution in [0.3, 0.4) is 0 Å². The minimum atomic E-state index is 0.588. The normalized spacial score (nSPS) is 36.3. The maximum absolute atomic E-state index is 2.83. The van der Waals surface area contributed by atoms with Gasteiger partial charge in [-0.1, -0.05) is 19.3 Å². The molecular weight excluding hydrogens is 252 g/mol. The van der Waals surface area contributed by atoms with Gasteiger partial charge in [-0.25, -0.2) is 0 Å². The molecule has 3 fully saturated rings. The van der Waals surface area contributed by atoms with Crippen LogP contribution in [0.1, 0.15) is 51.9 Å². The fraction of sp³-hybridized carbons (Fsp3) is 1.00. The van der Waals surface area contributed by atoms with Crippen molar-refractivity contribution in [2.45, 2.75) is 68.7 Å². The predicted molar refractivity (Wildman–Crippen MR) is 85.0 cm³/mol. The lowest BCUT2D eigenvalue weighted by Crippen LogP contribution is -2.60. The Morgan fingerprint density at radius 3 is 2.63 bits per heavy atom. The predicted octanol–water partition coefficient (Wildman–Crippen LogP) is 3.22. The van der Waals surface area contributed by atoms with Crippen LogP contribution in [0.4, 0.5) is 0 Å². The van der Waals surface area contributed by atoms with Crippen LogP contribution in [-0.4, -0.2) is 59.1 Å². The van der Waals surface area contributed by atoms with Crippen LogP contribution < -0.4 is 0 Å². The van der Waals surface area contributed by atoms with Crippen molar-refractivity contribution in [2.24, 2.45) is 0 Å². The summed E-state index contributed by atoms with van der Waals surface area (Å²) in [6.07, 6.45) is 12.5. The van der Waals surface area contributed by atoms with Crippen molar-refractivity contribution in [1.29, 1.82) is 0 Å². The molecule has 2 atom stereocenters. The van der Waals surface area contributed by atoms with Gasteiger partial charge in [0.2, 0.25) is 0 Å². The molecule has 0 aromatic carbocycles. The third-order valence-corrected chi connectivity index (χ3v) is 7.16. The van der Waals surface area contributed by atoms with Gasteiger partial charge in [0.25, 0.3) is 0 Å². The maximum Gasteiger partial charge on any atom is 0.0284 e. The summed E-state index contributed by atoms with van der Waals surface area (Å²) in [5, 5.41) is 0. The number of hydrogen-bond donors (Lipinski definition) is 0. The highest BCUT2D eigenvalue weighted by molar-refractivity contribution is 8.00. The number of piperazine rings is 1. The summed E-state index contributed by atoms with van der Waals surface area (Å²) in [7, 11) is 0. The first-order chi connectivity index (χ1) is 9.22. The van der Waals surface area contributed by atoms with Crippen molar-refractivity contribution in [2.75, 3.05) is 32.4 Å². The highest BCUT2D eigenvalue weighted by Crippen LogP contribution is 2.41. The van der Waals surface area contributed by atoms with Crippen LogP contribution in [0.15, 0.2) is 0 Å². The van der Waals surface area contributed by atoms with Crippen molar-refractivity contribution in [3.05, 3.63) is 0 Å². The summed E-state index contributed by atoms with van der Waals surface area (Å²) in [5.41, 5.74) is 0. The molecule has 0 spiro atoms. The van der Waals surface area contributed by atoms with E-state index in [0.29, 0.717) is 4.75 Å². The highest BCUT2D eigenvalue weighted by Gasteiger charge is 2.39. The first kappa shape index (κ1) is 14.2. The van der Waals surface area contributed by atoms with E-state index in [4.69, 9.17) is 0 Å². The standard InChI is InChI=1S/C16H30N2S/c1-14-11-17-10-6-3-7-15(17)12-18(14)13-16(19-2)8-4-5-9-16/h14-15H,3-13H2,1-2H3. The molecule has 2 unspecified atom stereocenters. The van der Waals surface area contributed by atoms with Crippen LogP contribution in [-0.2, 0) is 0 Å². The molecule has 0 radical (unpaired) electrons. The molecule has 2 heterocycles. The van der Waals surface area contributed by atoms with Crippen LogP contribution in [0.5, 0.6) is 0 Å². The molecule has 19 heavy (non-hydrogen) atoms. The molecule has 1 saturated carbocycles. The molecule has 1 aliphatic carbocycles. The SMILES string of the molecule is CSC1(CN2CC3CCCCN3CC2C)CCCC1. The van der Waals surface area contributed by atoms with Gasteiger partial charge in [-0.15, -0.1) is 0 Å². The van der Waals surface area contributed by atoms with Crippen LogP contribution in [0, 0.1) is 0 Å². The van der Waals surface area contributed by atoms with E-state index in [0.717, 1.165) is 12.1 Å². The Balaban J connectivity index is 1.63. The molecule has 0 amide bonds. The minimum absolute atomic E-state index is 0.588. The summed E-state index contributed by atoms with van der Waals surface area (Å²) in [6, 6.07) is 1.63. The molecule has 110 valence electrons. The molecule has 0 aromatic rings. The Bertz CT molecular complexity index is 301. The zero-order valence-corrected chi connectivity index (χ0v) is 13.6. The second kappa shape index (κ2) is 5.95. The molecular formula is C16H30N2S. The Hall–Kier alpha value is 0.270. The Labute approximate surface area is 123 Å². The van der Waals surface area contributed by atoms with Gasteiger partial charge in [-0.05, 0) is 45.4 Å². The number of nitrogens with zero attached hydrogens (tertiary/aromatic N) is 2. The lowest BCUT2D eigenvalue weighted by molar-refractivity contribution is 0.0108. The average Bonchev–Trinajstić information content (AvgIpc) is 2.89. The number of hydrogen-bond acceptors (Lipinski definition) is 3. The fourth-order valence-corrected chi connectivity index (χ4v) is 5.44. The first-order valence-electron chi connectivity index (χ1n) is 8.26. The fourth-order valence-electron chi connectivity index (χ4n) is 4.45. The number of fused-ring (bicyclic) bond motifs is 1.